The summed E-state index contributed by atoms with van der Waals surface area (Å²) in [6.07, 6.45) is 2.26. The number of anilines is 1. The molecular weight excluding hydrogens is 442 g/mol. The number of nitrogens with one attached hydrogen (secondary N) is 1. The van der Waals surface area contributed by atoms with Gasteiger partial charge < -0.3 is 9.47 Å². The number of nitrogens with zero attached hydrogens (tertiary/aromatic N) is 2. The average molecular weight is 462 g/mol. The fraction of sp³-hybridized carbons (Fsp3) is 0.238. The van der Waals surface area contributed by atoms with Crippen molar-refractivity contribution >= 4 is 39.7 Å². The number of benzene rings is 2. The number of rotatable bonds is 8. The van der Waals surface area contributed by atoms with Crippen molar-refractivity contribution in [1.82, 2.24) is 4.98 Å². The van der Waals surface area contributed by atoms with Gasteiger partial charge in [0.25, 0.3) is 11.6 Å². The second kappa shape index (κ2) is 9.76. The molecule has 0 radical (unpaired) electrons. The van der Waals surface area contributed by atoms with Crippen molar-refractivity contribution in [3.8, 4) is 11.5 Å². The van der Waals surface area contributed by atoms with Crippen molar-refractivity contribution < 1.29 is 19.2 Å². The van der Waals surface area contributed by atoms with E-state index in [-0.39, 0.29) is 22.7 Å². The van der Waals surface area contributed by atoms with Crippen LogP contribution in [0.4, 0.5) is 10.8 Å². The molecule has 0 unspecified atom stereocenters. The van der Waals surface area contributed by atoms with Gasteiger partial charge in [-0.1, -0.05) is 23.7 Å². The molecule has 2 aromatic carbocycles. The predicted molar refractivity (Wildman–Crippen MR) is 120 cm³/mol. The summed E-state index contributed by atoms with van der Waals surface area (Å²) in [5.41, 5.74) is 1.49. The summed E-state index contributed by atoms with van der Waals surface area (Å²) < 4.78 is 10.6. The van der Waals surface area contributed by atoms with Gasteiger partial charge in [-0.15, -0.1) is 11.3 Å². The minimum absolute atomic E-state index is 0.142. The molecule has 0 aliphatic heterocycles. The highest BCUT2D eigenvalue weighted by Gasteiger charge is 2.25. The second-order valence-corrected chi connectivity index (χ2v) is 8.08. The number of aromatic nitrogens is 1. The molecule has 162 valence electrons. The summed E-state index contributed by atoms with van der Waals surface area (Å²) in [5, 5.41) is 15.1. The van der Waals surface area contributed by atoms with Crippen LogP contribution in [0.5, 0.6) is 11.5 Å². The van der Waals surface area contributed by atoms with Gasteiger partial charge in [-0.3, -0.25) is 20.2 Å². The summed E-state index contributed by atoms with van der Waals surface area (Å²) >= 11 is 7.46. The molecule has 0 bridgehead atoms. The molecule has 1 aromatic heterocycles. The molecule has 10 heteroatoms. The molecule has 0 aliphatic rings. The lowest BCUT2D eigenvalue weighted by Crippen LogP contribution is -2.14. The third kappa shape index (κ3) is 5.31. The first-order valence-electron chi connectivity index (χ1n) is 9.32. The van der Waals surface area contributed by atoms with Crippen LogP contribution >= 0.6 is 22.9 Å². The van der Waals surface area contributed by atoms with Gasteiger partial charge in [-0.05, 0) is 31.0 Å². The first-order chi connectivity index (χ1) is 14.8. The molecule has 0 fully saturated rings. The Morgan fingerprint density at radius 2 is 2.06 bits per heavy atom. The maximum absolute atomic E-state index is 12.8. The van der Waals surface area contributed by atoms with Crippen LogP contribution in [-0.2, 0) is 6.42 Å². The number of carbonyl (C=O) groups excluding carboxylic acids is 1. The third-order valence-corrected chi connectivity index (χ3v) is 5.73. The minimum Gasteiger partial charge on any atom is -0.493 e. The Morgan fingerprint density at radius 3 is 2.71 bits per heavy atom. The van der Waals surface area contributed by atoms with Gasteiger partial charge in [-0.25, -0.2) is 4.98 Å². The highest BCUT2D eigenvalue weighted by molar-refractivity contribution is 7.15. The average Bonchev–Trinajstić information content (AvgIpc) is 3.17. The van der Waals surface area contributed by atoms with E-state index in [9.17, 15) is 14.9 Å². The smallest absolute Gasteiger partial charge is 0.286 e. The maximum atomic E-state index is 12.8. The third-order valence-electron chi connectivity index (χ3n) is 4.41. The number of thiazole rings is 1. The van der Waals surface area contributed by atoms with Crippen molar-refractivity contribution in [2.75, 3.05) is 19.0 Å². The molecular formula is C21H20ClN3O5S. The summed E-state index contributed by atoms with van der Waals surface area (Å²) in [7, 11) is 1.37. The van der Waals surface area contributed by atoms with E-state index in [1.165, 1.54) is 30.6 Å². The monoisotopic (exact) mass is 461 g/mol. The van der Waals surface area contributed by atoms with Crippen LogP contribution in [0.2, 0.25) is 5.02 Å². The Morgan fingerprint density at radius 1 is 1.29 bits per heavy atom. The molecule has 3 aromatic rings. The van der Waals surface area contributed by atoms with Crippen LogP contribution in [0.25, 0.3) is 0 Å². The first-order valence-corrected chi connectivity index (χ1v) is 10.5. The molecule has 0 saturated heterocycles. The number of aryl methyl sites for hydroxylation is 1. The lowest BCUT2D eigenvalue weighted by atomic mass is 10.1. The normalized spacial score (nSPS) is 10.6. The first kappa shape index (κ1) is 22.5. The van der Waals surface area contributed by atoms with Crippen LogP contribution < -0.4 is 14.8 Å². The topological polar surface area (TPSA) is 104 Å². The van der Waals surface area contributed by atoms with Gasteiger partial charge in [0.2, 0.25) is 0 Å². The number of ether oxygens (including phenoxy) is 2. The predicted octanol–water partition coefficient (Wildman–Crippen LogP) is 5.26. The standard InChI is InChI=1S/C21H20ClN3O5S/c1-4-30-19-9-15(17(25(27)28)10-18(19)29-3)20(26)24-21-23-11-14(31-21)7-13-6-5-12(2)16(22)8-13/h5-6,8-11H,4,7H2,1-3H3,(H,23,24,26). The highest BCUT2D eigenvalue weighted by atomic mass is 35.5. The van der Waals surface area contributed by atoms with E-state index in [0.717, 1.165) is 16.0 Å². The van der Waals surface area contributed by atoms with Crippen molar-refractivity contribution in [2.45, 2.75) is 20.3 Å². The number of methoxy groups -OCH3 is 1. The lowest BCUT2D eigenvalue weighted by Gasteiger charge is -2.11. The molecule has 8 nitrogen and oxygen atoms in total. The number of hydrogen-bond acceptors (Lipinski definition) is 7. The van der Waals surface area contributed by atoms with E-state index in [1.807, 2.05) is 25.1 Å². The van der Waals surface area contributed by atoms with E-state index in [4.69, 9.17) is 21.1 Å². The van der Waals surface area contributed by atoms with E-state index in [1.54, 1.807) is 13.1 Å². The minimum atomic E-state index is -0.658. The Labute approximate surface area is 187 Å². The SMILES string of the molecule is CCOc1cc(C(=O)Nc2ncc(Cc3ccc(C)c(Cl)c3)s2)c([N+](=O)[O-])cc1OC. The Bertz CT molecular complexity index is 1130. The van der Waals surface area contributed by atoms with Crippen molar-refractivity contribution in [3.63, 3.8) is 0 Å². The highest BCUT2D eigenvalue weighted by Crippen LogP contribution is 2.35. The number of hydrogen-bond donors (Lipinski definition) is 1. The van der Waals surface area contributed by atoms with Crippen LogP contribution in [-0.4, -0.2) is 29.5 Å². The Kier molecular flexibility index (Phi) is 7.09. The summed E-state index contributed by atoms with van der Waals surface area (Å²) in [5.74, 6) is -0.232. The molecule has 1 heterocycles. The van der Waals surface area contributed by atoms with Gasteiger partial charge in [0, 0.05) is 28.6 Å². The zero-order valence-corrected chi connectivity index (χ0v) is 18.7. The van der Waals surface area contributed by atoms with Gasteiger partial charge in [0.05, 0.1) is 24.7 Å². The van der Waals surface area contributed by atoms with E-state index in [2.05, 4.69) is 10.3 Å². The largest absolute Gasteiger partial charge is 0.493 e. The molecule has 31 heavy (non-hydrogen) atoms. The van der Waals surface area contributed by atoms with Gasteiger partial charge in [-0.2, -0.15) is 0 Å². The fourth-order valence-corrected chi connectivity index (χ4v) is 3.91. The molecule has 0 atom stereocenters. The zero-order chi connectivity index (χ0) is 22.5. The number of halogens is 1. The fourth-order valence-electron chi connectivity index (χ4n) is 2.87. The Balaban J connectivity index is 1.82. The number of amides is 1. The Hall–Kier alpha value is -3.17. The number of carbonyl (C=O) groups is 1. The molecule has 0 spiro atoms. The number of nitro benzene ring substituents is 1. The van der Waals surface area contributed by atoms with Gasteiger partial charge >= 0.3 is 0 Å². The van der Waals surface area contributed by atoms with E-state index < -0.39 is 10.8 Å². The van der Waals surface area contributed by atoms with Crippen LogP contribution in [0.3, 0.4) is 0 Å². The summed E-state index contributed by atoms with van der Waals surface area (Å²) in [6, 6.07) is 8.30. The maximum Gasteiger partial charge on any atom is 0.286 e. The molecule has 3 rings (SSSR count). The summed E-state index contributed by atoms with van der Waals surface area (Å²) in [6.45, 7) is 4.01. The molecule has 0 saturated carbocycles. The van der Waals surface area contributed by atoms with Crippen LogP contribution in [0.15, 0.2) is 36.5 Å². The number of nitro groups is 1. The van der Waals surface area contributed by atoms with Gasteiger partial charge in [0.15, 0.2) is 16.6 Å². The molecule has 0 aliphatic carbocycles. The molecule has 1 N–H and O–H groups in total. The summed E-state index contributed by atoms with van der Waals surface area (Å²) in [4.78, 5) is 28.7. The quantitative estimate of drug-likeness (QED) is 0.362. The van der Waals surface area contributed by atoms with Crippen LogP contribution in [0, 0.1) is 17.0 Å². The second-order valence-electron chi connectivity index (χ2n) is 6.56. The van der Waals surface area contributed by atoms with Crippen LogP contribution in [0.1, 0.15) is 33.3 Å². The van der Waals surface area contributed by atoms with Crippen molar-refractivity contribution in [1.29, 1.82) is 0 Å². The van der Waals surface area contributed by atoms with E-state index in [0.29, 0.717) is 23.2 Å². The van der Waals surface area contributed by atoms with Gasteiger partial charge in [0.1, 0.15) is 5.56 Å². The lowest BCUT2D eigenvalue weighted by molar-refractivity contribution is -0.385. The van der Waals surface area contributed by atoms with E-state index >= 15 is 0 Å². The van der Waals surface area contributed by atoms with Crippen molar-refractivity contribution in [2.24, 2.45) is 0 Å². The molecule has 1 amide bonds. The van der Waals surface area contributed by atoms with Crippen molar-refractivity contribution in [3.05, 3.63) is 73.2 Å². The zero-order valence-electron chi connectivity index (χ0n) is 17.1.